The Morgan fingerprint density at radius 1 is 1.27 bits per heavy atom. The first kappa shape index (κ1) is 15.0. The number of nitrogens with zero attached hydrogens (tertiary/aromatic N) is 2. The fourth-order valence-corrected chi connectivity index (χ4v) is 3.36. The lowest BCUT2D eigenvalue weighted by atomic mass is 10.0. The van der Waals surface area contributed by atoms with Gasteiger partial charge in [-0.2, -0.15) is 0 Å². The van der Waals surface area contributed by atoms with Crippen molar-refractivity contribution in [3.63, 3.8) is 0 Å². The largest absolute Gasteiger partial charge is 0.338 e. The van der Waals surface area contributed by atoms with Crippen LogP contribution < -0.4 is 0 Å². The minimum atomic E-state index is -0.353. The van der Waals surface area contributed by atoms with E-state index in [9.17, 15) is 14.0 Å². The Morgan fingerprint density at radius 2 is 2.09 bits per heavy atom. The number of amides is 2. The summed E-state index contributed by atoms with van der Waals surface area (Å²) in [6, 6.07) is 4.73. The fourth-order valence-electron chi connectivity index (χ4n) is 3.36. The van der Waals surface area contributed by atoms with E-state index >= 15 is 0 Å². The van der Waals surface area contributed by atoms with E-state index in [2.05, 4.69) is 0 Å². The van der Waals surface area contributed by atoms with E-state index in [4.69, 9.17) is 0 Å². The van der Waals surface area contributed by atoms with Crippen LogP contribution in [-0.4, -0.2) is 47.3 Å². The van der Waals surface area contributed by atoms with Gasteiger partial charge in [-0.15, -0.1) is 0 Å². The van der Waals surface area contributed by atoms with Gasteiger partial charge >= 0.3 is 0 Å². The first-order valence-electron chi connectivity index (χ1n) is 7.91. The molecule has 0 bridgehead atoms. The second-order valence-corrected chi connectivity index (χ2v) is 6.20. The van der Waals surface area contributed by atoms with Crippen LogP contribution in [0.15, 0.2) is 18.2 Å². The van der Waals surface area contributed by atoms with Crippen molar-refractivity contribution in [1.29, 1.82) is 0 Å². The second kappa shape index (κ2) is 6.07. The van der Waals surface area contributed by atoms with E-state index in [0.29, 0.717) is 30.6 Å². The smallest absolute Gasteiger partial charge is 0.254 e. The molecule has 1 atom stereocenters. The molecule has 118 valence electrons. The normalized spacial score (nSPS) is 22.3. The average molecular weight is 304 g/mol. The first-order chi connectivity index (χ1) is 10.6. The van der Waals surface area contributed by atoms with Gasteiger partial charge in [-0.05, 0) is 43.9 Å². The third-order valence-electron chi connectivity index (χ3n) is 4.65. The maximum Gasteiger partial charge on any atom is 0.254 e. The molecule has 2 aliphatic heterocycles. The summed E-state index contributed by atoms with van der Waals surface area (Å²) in [5.74, 6) is -0.301. The van der Waals surface area contributed by atoms with E-state index in [1.807, 2.05) is 4.90 Å². The SMILES string of the molecule is Cc1ccc(C(=O)N2CCC[C@H](N3CCCC3=O)C2)cc1F. The number of piperidine rings is 1. The van der Waals surface area contributed by atoms with Crippen LogP contribution in [0.5, 0.6) is 0 Å². The predicted octanol–water partition coefficient (Wildman–Crippen LogP) is 2.36. The van der Waals surface area contributed by atoms with Crippen LogP contribution in [0.3, 0.4) is 0 Å². The quantitative estimate of drug-likeness (QED) is 0.841. The van der Waals surface area contributed by atoms with E-state index < -0.39 is 0 Å². The number of rotatable bonds is 2. The van der Waals surface area contributed by atoms with E-state index in [1.54, 1.807) is 24.0 Å². The Morgan fingerprint density at radius 3 is 2.77 bits per heavy atom. The Kier molecular flexibility index (Phi) is 4.14. The lowest BCUT2D eigenvalue weighted by Gasteiger charge is -2.37. The number of benzene rings is 1. The third kappa shape index (κ3) is 2.85. The summed E-state index contributed by atoms with van der Waals surface area (Å²) in [5, 5.41) is 0. The lowest BCUT2D eigenvalue weighted by molar-refractivity contribution is -0.130. The molecule has 2 aliphatic rings. The van der Waals surface area contributed by atoms with Crippen molar-refractivity contribution in [2.24, 2.45) is 0 Å². The molecule has 22 heavy (non-hydrogen) atoms. The van der Waals surface area contributed by atoms with Crippen LogP contribution in [0.1, 0.15) is 41.6 Å². The number of halogens is 1. The Hall–Kier alpha value is -1.91. The van der Waals surface area contributed by atoms with Gasteiger partial charge in [0.15, 0.2) is 0 Å². The van der Waals surface area contributed by atoms with Crippen molar-refractivity contribution in [1.82, 2.24) is 9.80 Å². The summed E-state index contributed by atoms with van der Waals surface area (Å²) in [7, 11) is 0. The molecule has 1 aromatic rings. The molecule has 0 radical (unpaired) electrons. The van der Waals surface area contributed by atoms with Crippen LogP contribution in [-0.2, 0) is 4.79 Å². The van der Waals surface area contributed by atoms with Crippen LogP contribution in [0, 0.1) is 12.7 Å². The van der Waals surface area contributed by atoms with Crippen molar-refractivity contribution < 1.29 is 14.0 Å². The van der Waals surface area contributed by atoms with Crippen molar-refractivity contribution in [3.8, 4) is 0 Å². The van der Waals surface area contributed by atoms with Crippen molar-refractivity contribution in [2.75, 3.05) is 19.6 Å². The van der Waals surface area contributed by atoms with Gasteiger partial charge in [-0.3, -0.25) is 9.59 Å². The topological polar surface area (TPSA) is 40.6 Å². The Labute approximate surface area is 129 Å². The number of likely N-dealkylation sites (tertiary alicyclic amines) is 2. The highest BCUT2D eigenvalue weighted by Gasteiger charge is 2.33. The number of hydrogen-bond donors (Lipinski definition) is 0. The summed E-state index contributed by atoms with van der Waals surface area (Å²) >= 11 is 0. The summed E-state index contributed by atoms with van der Waals surface area (Å²) < 4.78 is 13.7. The molecule has 0 unspecified atom stereocenters. The molecular formula is C17H21FN2O2. The van der Waals surface area contributed by atoms with E-state index in [-0.39, 0.29) is 23.7 Å². The molecule has 2 heterocycles. The zero-order valence-electron chi connectivity index (χ0n) is 12.8. The van der Waals surface area contributed by atoms with Gasteiger partial charge < -0.3 is 9.80 Å². The van der Waals surface area contributed by atoms with Gasteiger partial charge in [0.25, 0.3) is 5.91 Å². The highest BCUT2D eigenvalue weighted by atomic mass is 19.1. The standard InChI is InChI=1S/C17H21FN2O2/c1-12-6-7-13(10-15(12)18)17(22)19-8-2-4-14(11-19)20-9-3-5-16(20)21/h6-7,10,14H,2-5,8-9,11H2,1H3/t14-/m0/s1. The number of hydrogen-bond acceptors (Lipinski definition) is 2. The molecule has 5 heteroatoms. The highest BCUT2D eigenvalue weighted by Crippen LogP contribution is 2.23. The molecule has 0 N–H and O–H groups in total. The van der Waals surface area contributed by atoms with Crippen molar-refractivity contribution >= 4 is 11.8 Å². The molecule has 2 saturated heterocycles. The number of aryl methyl sites for hydroxylation is 1. The lowest BCUT2D eigenvalue weighted by Crippen LogP contribution is -2.50. The van der Waals surface area contributed by atoms with Crippen LogP contribution in [0.2, 0.25) is 0 Å². The van der Waals surface area contributed by atoms with Gasteiger partial charge in [-0.25, -0.2) is 4.39 Å². The predicted molar refractivity (Wildman–Crippen MR) is 81.0 cm³/mol. The van der Waals surface area contributed by atoms with Gasteiger partial charge in [0.1, 0.15) is 5.82 Å². The molecule has 3 rings (SSSR count). The average Bonchev–Trinajstić information content (AvgIpc) is 2.95. The van der Waals surface area contributed by atoms with Crippen molar-refractivity contribution in [2.45, 2.75) is 38.6 Å². The maximum atomic E-state index is 13.7. The fraction of sp³-hybridized carbons (Fsp3) is 0.529. The number of carbonyl (C=O) groups excluding carboxylic acids is 2. The maximum absolute atomic E-state index is 13.7. The molecule has 4 nitrogen and oxygen atoms in total. The van der Waals surface area contributed by atoms with Crippen LogP contribution in [0.4, 0.5) is 4.39 Å². The molecule has 0 saturated carbocycles. The zero-order valence-corrected chi connectivity index (χ0v) is 12.8. The molecule has 1 aromatic carbocycles. The van der Waals surface area contributed by atoms with E-state index in [1.165, 1.54) is 6.07 Å². The van der Waals surface area contributed by atoms with Crippen LogP contribution >= 0.6 is 0 Å². The monoisotopic (exact) mass is 304 g/mol. The molecular weight excluding hydrogens is 283 g/mol. The Balaban J connectivity index is 1.72. The minimum Gasteiger partial charge on any atom is -0.338 e. The molecule has 0 aromatic heterocycles. The summed E-state index contributed by atoms with van der Waals surface area (Å²) in [6.45, 7) is 3.71. The first-order valence-corrected chi connectivity index (χ1v) is 7.91. The minimum absolute atomic E-state index is 0.114. The van der Waals surface area contributed by atoms with Gasteiger partial charge in [0.05, 0.1) is 0 Å². The third-order valence-corrected chi connectivity index (χ3v) is 4.65. The summed E-state index contributed by atoms with van der Waals surface area (Å²) in [6.07, 6.45) is 3.35. The molecule has 0 aliphatic carbocycles. The number of carbonyl (C=O) groups is 2. The van der Waals surface area contributed by atoms with E-state index in [0.717, 1.165) is 25.8 Å². The zero-order chi connectivity index (χ0) is 15.7. The van der Waals surface area contributed by atoms with Gasteiger partial charge in [-0.1, -0.05) is 6.07 Å². The van der Waals surface area contributed by atoms with Gasteiger partial charge in [0.2, 0.25) is 5.91 Å². The molecule has 2 amide bonds. The Bertz CT molecular complexity index is 602. The second-order valence-electron chi connectivity index (χ2n) is 6.20. The molecule has 0 spiro atoms. The van der Waals surface area contributed by atoms with Gasteiger partial charge in [0, 0.05) is 37.7 Å². The summed E-state index contributed by atoms with van der Waals surface area (Å²) in [4.78, 5) is 28.1. The van der Waals surface area contributed by atoms with Crippen molar-refractivity contribution in [3.05, 3.63) is 35.1 Å². The van der Waals surface area contributed by atoms with Crippen LogP contribution in [0.25, 0.3) is 0 Å². The highest BCUT2D eigenvalue weighted by molar-refractivity contribution is 5.94. The summed E-state index contributed by atoms with van der Waals surface area (Å²) in [5.41, 5.74) is 0.923. The molecule has 2 fully saturated rings.